The second kappa shape index (κ2) is 4.70. The van der Waals surface area contributed by atoms with E-state index in [0.29, 0.717) is 25.3 Å². The third-order valence-electron chi connectivity index (χ3n) is 3.73. The SMILES string of the molecule is CC(CCN)C1(c2cc(F)ccc2F)COC1. The van der Waals surface area contributed by atoms with Gasteiger partial charge in [-0.2, -0.15) is 0 Å². The smallest absolute Gasteiger partial charge is 0.127 e. The molecular weight excluding hydrogens is 224 g/mol. The van der Waals surface area contributed by atoms with Crippen LogP contribution in [0.15, 0.2) is 18.2 Å². The first-order valence-electron chi connectivity index (χ1n) is 5.83. The second-order valence-electron chi connectivity index (χ2n) is 4.75. The van der Waals surface area contributed by atoms with E-state index in [1.807, 2.05) is 6.92 Å². The topological polar surface area (TPSA) is 35.2 Å². The van der Waals surface area contributed by atoms with Gasteiger partial charge in [0.1, 0.15) is 11.6 Å². The summed E-state index contributed by atoms with van der Waals surface area (Å²) < 4.78 is 32.3. The van der Waals surface area contributed by atoms with E-state index in [1.54, 1.807) is 0 Å². The second-order valence-corrected chi connectivity index (χ2v) is 4.75. The number of benzene rings is 1. The Morgan fingerprint density at radius 2 is 2.12 bits per heavy atom. The van der Waals surface area contributed by atoms with Gasteiger partial charge in [0.15, 0.2) is 0 Å². The van der Waals surface area contributed by atoms with Gasteiger partial charge in [-0.05, 0) is 37.1 Å². The fourth-order valence-corrected chi connectivity index (χ4v) is 2.43. The molecule has 1 saturated heterocycles. The molecule has 0 bridgehead atoms. The Balaban J connectivity index is 2.37. The van der Waals surface area contributed by atoms with Crippen LogP contribution in [-0.2, 0) is 10.2 Å². The maximum atomic E-state index is 13.8. The number of hydrogen-bond donors (Lipinski definition) is 1. The molecule has 0 spiro atoms. The summed E-state index contributed by atoms with van der Waals surface area (Å²) in [6, 6.07) is 3.60. The third kappa shape index (κ3) is 2.07. The monoisotopic (exact) mass is 241 g/mol. The highest BCUT2D eigenvalue weighted by Gasteiger charge is 2.46. The van der Waals surface area contributed by atoms with Crippen molar-refractivity contribution in [1.29, 1.82) is 0 Å². The number of nitrogens with two attached hydrogens (primary N) is 1. The maximum Gasteiger partial charge on any atom is 0.127 e. The van der Waals surface area contributed by atoms with Crippen molar-refractivity contribution in [1.82, 2.24) is 0 Å². The predicted octanol–water partition coefficient (Wildman–Crippen LogP) is 2.22. The van der Waals surface area contributed by atoms with Crippen molar-refractivity contribution in [3.05, 3.63) is 35.4 Å². The van der Waals surface area contributed by atoms with E-state index in [4.69, 9.17) is 10.5 Å². The largest absolute Gasteiger partial charge is 0.379 e. The Labute approximate surface area is 99.8 Å². The van der Waals surface area contributed by atoms with Crippen molar-refractivity contribution in [3.8, 4) is 0 Å². The highest BCUT2D eigenvalue weighted by Crippen LogP contribution is 2.42. The lowest BCUT2D eigenvalue weighted by molar-refractivity contribution is -0.0900. The van der Waals surface area contributed by atoms with Gasteiger partial charge in [0.25, 0.3) is 0 Å². The summed E-state index contributed by atoms with van der Waals surface area (Å²) in [6.07, 6.45) is 0.777. The number of ether oxygens (including phenoxy) is 1. The van der Waals surface area contributed by atoms with Crippen LogP contribution in [0.3, 0.4) is 0 Å². The van der Waals surface area contributed by atoms with Gasteiger partial charge in [-0.15, -0.1) is 0 Å². The van der Waals surface area contributed by atoms with E-state index in [1.165, 1.54) is 12.1 Å². The highest BCUT2D eigenvalue weighted by molar-refractivity contribution is 5.31. The minimum absolute atomic E-state index is 0.178. The van der Waals surface area contributed by atoms with Crippen LogP contribution >= 0.6 is 0 Å². The molecule has 2 N–H and O–H groups in total. The molecule has 1 aromatic carbocycles. The lowest BCUT2D eigenvalue weighted by atomic mass is 9.68. The van der Waals surface area contributed by atoms with Crippen molar-refractivity contribution in [2.24, 2.45) is 11.7 Å². The first-order chi connectivity index (χ1) is 8.10. The number of halogens is 2. The highest BCUT2D eigenvalue weighted by atomic mass is 19.1. The first-order valence-corrected chi connectivity index (χ1v) is 5.83. The normalized spacial score (nSPS) is 19.8. The molecule has 0 aliphatic carbocycles. The molecule has 0 amide bonds. The van der Waals surface area contributed by atoms with Crippen molar-refractivity contribution >= 4 is 0 Å². The van der Waals surface area contributed by atoms with Crippen LogP contribution in [0, 0.1) is 17.6 Å². The molecule has 1 aliphatic heterocycles. The van der Waals surface area contributed by atoms with Gasteiger partial charge in [-0.1, -0.05) is 6.92 Å². The molecular formula is C13H17F2NO. The number of rotatable bonds is 4. The Kier molecular flexibility index (Phi) is 3.45. The molecule has 94 valence electrons. The Morgan fingerprint density at radius 3 is 2.65 bits per heavy atom. The molecule has 1 heterocycles. The van der Waals surface area contributed by atoms with E-state index in [-0.39, 0.29) is 11.7 Å². The zero-order valence-corrected chi connectivity index (χ0v) is 9.88. The van der Waals surface area contributed by atoms with Crippen LogP contribution < -0.4 is 5.73 Å². The zero-order valence-electron chi connectivity index (χ0n) is 9.88. The summed E-state index contributed by atoms with van der Waals surface area (Å²) in [5.41, 5.74) is 5.55. The van der Waals surface area contributed by atoms with E-state index in [2.05, 4.69) is 0 Å². The van der Waals surface area contributed by atoms with Crippen LogP contribution in [0.25, 0.3) is 0 Å². The van der Waals surface area contributed by atoms with E-state index in [0.717, 1.165) is 12.5 Å². The fraction of sp³-hybridized carbons (Fsp3) is 0.538. The Morgan fingerprint density at radius 1 is 1.41 bits per heavy atom. The third-order valence-corrected chi connectivity index (χ3v) is 3.73. The maximum absolute atomic E-state index is 13.8. The van der Waals surface area contributed by atoms with Gasteiger partial charge in [0, 0.05) is 11.0 Å². The molecule has 1 atom stereocenters. The summed E-state index contributed by atoms with van der Waals surface area (Å²) in [7, 11) is 0. The lowest BCUT2D eigenvalue weighted by Crippen LogP contribution is -2.52. The van der Waals surface area contributed by atoms with Gasteiger partial charge >= 0.3 is 0 Å². The fourth-order valence-electron chi connectivity index (χ4n) is 2.43. The zero-order chi connectivity index (χ0) is 12.5. The molecule has 0 saturated carbocycles. The predicted molar refractivity (Wildman–Crippen MR) is 61.7 cm³/mol. The average molecular weight is 241 g/mol. The van der Waals surface area contributed by atoms with Crippen LogP contribution in [0.5, 0.6) is 0 Å². The van der Waals surface area contributed by atoms with Crippen molar-refractivity contribution < 1.29 is 13.5 Å². The molecule has 0 radical (unpaired) electrons. The molecule has 1 unspecified atom stereocenters. The average Bonchev–Trinajstić information content (AvgIpc) is 2.22. The summed E-state index contributed by atoms with van der Waals surface area (Å²) in [5.74, 6) is -0.594. The van der Waals surface area contributed by atoms with Gasteiger partial charge in [-0.25, -0.2) is 8.78 Å². The minimum Gasteiger partial charge on any atom is -0.379 e. The van der Waals surface area contributed by atoms with Gasteiger partial charge < -0.3 is 10.5 Å². The summed E-state index contributed by atoms with van der Waals surface area (Å²) >= 11 is 0. The van der Waals surface area contributed by atoms with Crippen LogP contribution in [-0.4, -0.2) is 19.8 Å². The standard InChI is InChI=1S/C13H17F2NO/c1-9(4-5-16)13(7-17-8-13)11-6-10(14)2-3-12(11)15/h2-3,6,9H,4-5,7-8,16H2,1H3. The van der Waals surface area contributed by atoms with Crippen molar-refractivity contribution in [3.63, 3.8) is 0 Å². The summed E-state index contributed by atoms with van der Waals surface area (Å²) in [4.78, 5) is 0. The van der Waals surface area contributed by atoms with Gasteiger partial charge in [0.05, 0.1) is 13.2 Å². The molecule has 2 rings (SSSR count). The Bertz CT molecular complexity index is 404. The van der Waals surface area contributed by atoms with E-state index in [9.17, 15) is 8.78 Å². The molecule has 17 heavy (non-hydrogen) atoms. The minimum atomic E-state index is -0.411. The molecule has 4 heteroatoms. The van der Waals surface area contributed by atoms with Crippen LogP contribution in [0.4, 0.5) is 8.78 Å². The molecule has 1 aromatic rings. The van der Waals surface area contributed by atoms with Crippen molar-refractivity contribution in [2.45, 2.75) is 18.8 Å². The molecule has 2 nitrogen and oxygen atoms in total. The number of hydrogen-bond acceptors (Lipinski definition) is 2. The van der Waals surface area contributed by atoms with Gasteiger partial charge in [-0.3, -0.25) is 0 Å². The summed E-state index contributed by atoms with van der Waals surface area (Å²) in [5, 5.41) is 0. The summed E-state index contributed by atoms with van der Waals surface area (Å²) in [6.45, 7) is 3.43. The molecule has 1 fully saturated rings. The quantitative estimate of drug-likeness (QED) is 0.877. The van der Waals surface area contributed by atoms with Crippen LogP contribution in [0.2, 0.25) is 0 Å². The Hall–Kier alpha value is -1.00. The molecule has 1 aliphatic rings. The van der Waals surface area contributed by atoms with E-state index < -0.39 is 11.2 Å². The van der Waals surface area contributed by atoms with E-state index >= 15 is 0 Å². The molecule has 0 aromatic heterocycles. The first kappa shape index (κ1) is 12.5. The van der Waals surface area contributed by atoms with Crippen molar-refractivity contribution in [2.75, 3.05) is 19.8 Å². The van der Waals surface area contributed by atoms with Gasteiger partial charge in [0.2, 0.25) is 0 Å². The lowest BCUT2D eigenvalue weighted by Gasteiger charge is -2.46. The van der Waals surface area contributed by atoms with Crippen LogP contribution in [0.1, 0.15) is 18.9 Å².